The molecule has 0 aromatic rings. The first kappa shape index (κ1) is 27.0. The van der Waals surface area contributed by atoms with Crippen LogP contribution in [0, 0.1) is 0 Å². The van der Waals surface area contributed by atoms with Crippen LogP contribution in [-0.2, 0) is 23.7 Å². The topological polar surface area (TPSA) is 248 Å². The molecule has 0 aliphatic carbocycles. The minimum absolute atomic E-state index is 0.268. The summed E-state index contributed by atoms with van der Waals surface area (Å²) in [6.45, 7) is -2.12. The van der Waals surface area contributed by atoms with Crippen LogP contribution in [0.15, 0.2) is 0 Å². The van der Waals surface area contributed by atoms with Crippen LogP contribution in [0.25, 0.3) is 0 Å². The van der Waals surface area contributed by atoms with E-state index in [9.17, 15) is 51.1 Å². The quantitative estimate of drug-likeness (QED) is 0.160. The number of aliphatic hydroxyl groups excluding tert-OH is 10. The summed E-state index contributed by atoms with van der Waals surface area (Å²) < 4.78 is 26.8. The zero-order chi connectivity index (χ0) is 24.4. The number of rotatable bonds is 7. The molecule has 0 aromatic carbocycles. The van der Waals surface area contributed by atoms with Crippen LogP contribution in [0.5, 0.6) is 0 Å². The zero-order valence-corrected chi connectivity index (χ0v) is 17.4. The standard InChI is InChI=1S/C18H32O15/c19-2-6-10(23)5(22)1-9(29-6)32-16-11(24)7(3-20)31-18(14(16)27)33-15-8(4-21)30-17(28)13(26)12(15)25/h5-28H,1-4H2/t5-,6-,7-,8-,9-,10-,11+,12-,13-,14-,15-,16+,17-,18+/m1/s1. The van der Waals surface area contributed by atoms with E-state index < -0.39 is 106 Å². The first-order valence-electron chi connectivity index (χ1n) is 10.5. The highest BCUT2D eigenvalue weighted by molar-refractivity contribution is 4.95. The van der Waals surface area contributed by atoms with E-state index in [1.54, 1.807) is 0 Å². The van der Waals surface area contributed by atoms with E-state index in [0.717, 1.165) is 0 Å². The molecule has 0 bridgehead atoms. The van der Waals surface area contributed by atoms with E-state index in [2.05, 4.69) is 0 Å². The van der Waals surface area contributed by atoms with E-state index in [4.69, 9.17) is 23.7 Å². The van der Waals surface area contributed by atoms with Gasteiger partial charge < -0.3 is 74.7 Å². The monoisotopic (exact) mass is 488 g/mol. The molecule has 15 nitrogen and oxygen atoms in total. The fraction of sp³-hybridized carbons (Fsp3) is 1.00. The molecular weight excluding hydrogens is 456 g/mol. The van der Waals surface area contributed by atoms with Crippen LogP contribution < -0.4 is 0 Å². The zero-order valence-electron chi connectivity index (χ0n) is 17.4. The van der Waals surface area contributed by atoms with Crippen molar-refractivity contribution in [2.75, 3.05) is 19.8 Å². The number of aliphatic hydroxyl groups is 10. The van der Waals surface area contributed by atoms with Crippen molar-refractivity contribution in [1.29, 1.82) is 0 Å². The lowest BCUT2D eigenvalue weighted by atomic mass is 9.96. The van der Waals surface area contributed by atoms with Gasteiger partial charge in [0.2, 0.25) is 0 Å². The Labute approximate surface area is 187 Å². The van der Waals surface area contributed by atoms with E-state index >= 15 is 0 Å². The van der Waals surface area contributed by atoms with E-state index in [0.29, 0.717) is 0 Å². The van der Waals surface area contributed by atoms with Gasteiger partial charge in [0.15, 0.2) is 18.9 Å². The molecule has 0 unspecified atom stereocenters. The summed E-state index contributed by atoms with van der Waals surface area (Å²) in [5.74, 6) is 0. The SMILES string of the molecule is OC[C@H]1O[C@@H](O[C@H]2[C@H](O)[C@@H](O)[C@H](O)O[C@@H]2CO)[C@H](O)[C@@H](O[C@@H]2C[C@@H](O)[C@@H](O)[C@@H](CO)O2)[C@H]1O. The molecule has 33 heavy (non-hydrogen) atoms. The van der Waals surface area contributed by atoms with E-state index in [1.807, 2.05) is 0 Å². The van der Waals surface area contributed by atoms with Gasteiger partial charge in [-0.05, 0) is 0 Å². The molecule has 3 heterocycles. The van der Waals surface area contributed by atoms with E-state index in [1.165, 1.54) is 0 Å². The minimum atomic E-state index is -1.80. The van der Waals surface area contributed by atoms with Gasteiger partial charge in [-0.2, -0.15) is 0 Å². The van der Waals surface area contributed by atoms with Crippen LogP contribution in [-0.4, -0.2) is 157 Å². The van der Waals surface area contributed by atoms with Crippen molar-refractivity contribution in [3.05, 3.63) is 0 Å². The first-order valence-corrected chi connectivity index (χ1v) is 10.5. The summed E-state index contributed by atoms with van der Waals surface area (Å²) in [6.07, 6.45) is -21.6. The molecular formula is C18H32O15. The normalized spacial score (nSPS) is 51.5. The van der Waals surface area contributed by atoms with Gasteiger partial charge in [-0.1, -0.05) is 0 Å². The molecule has 3 saturated heterocycles. The fourth-order valence-corrected chi connectivity index (χ4v) is 4.05. The lowest BCUT2D eigenvalue weighted by molar-refractivity contribution is -0.371. The first-order chi connectivity index (χ1) is 15.6. The maximum atomic E-state index is 10.7. The van der Waals surface area contributed by atoms with Crippen LogP contribution in [0.2, 0.25) is 0 Å². The van der Waals surface area contributed by atoms with E-state index in [-0.39, 0.29) is 6.42 Å². The average molecular weight is 488 g/mol. The molecule has 0 amide bonds. The summed E-state index contributed by atoms with van der Waals surface area (Å²) in [5.41, 5.74) is 0. The van der Waals surface area contributed by atoms with Gasteiger partial charge in [0.05, 0.1) is 25.9 Å². The van der Waals surface area contributed by atoms with Crippen LogP contribution in [0.3, 0.4) is 0 Å². The van der Waals surface area contributed by atoms with Gasteiger partial charge in [0.25, 0.3) is 0 Å². The smallest absolute Gasteiger partial charge is 0.187 e. The average Bonchev–Trinajstić information content (AvgIpc) is 2.80. The number of hydrogen-bond acceptors (Lipinski definition) is 15. The lowest BCUT2D eigenvalue weighted by Crippen LogP contribution is -2.65. The maximum absolute atomic E-state index is 10.7. The van der Waals surface area contributed by atoms with Crippen LogP contribution in [0.1, 0.15) is 6.42 Å². The molecule has 3 aliphatic rings. The summed E-state index contributed by atoms with van der Waals surface area (Å²) >= 11 is 0. The van der Waals surface area contributed by atoms with Crippen molar-refractivity contribution in [2.24, 2.45) is 0 Å². The summed E-state index contributed by atoms with van der Waals surface area (Å²) in [6, 6.07) is 0. The van der Waals surface area contributed by atoms with Crippen molar-refractivity contribution in [1.82, 2.24) is 0 Å². The minimum Gasteiger partial charge on any atom is -0.394 e. The Balaban J connectivity index is 1.74. The molecule has 3 rings (SSSR count). The number of ether oxygens (including phenoxy) is 5. The Kier molecular flexibility index (Phi) is 9.35. The molecule has 0 aromatic heterocycles. The Morgan fingerprint density at radius 3 is 1.79 bits per heavy atom. The van der Waals surface area contributed by atoms with Gasteiger partial charge in [0.1, 0.15) is 61.0 Å². The van der Waals surface area contributed by atoms with Crippen molar-refractivity contribution in [2.45, 2.75) is 92.4 Å². The second kappa shape index (κ2) is 11.4. The molecule has 3 aliphatic heterocycles. The van der Waals surface area contributed by atoms with Crippen molar-refractivity contribution >= 4 is 0 Å². The Morgan fingerprint density at radius 1 is 0.576 bits per heavy atom. The van der Waals surface area contributed by atoms with Crippen molar-refractivity contribution < 1.29 is 74.7 Å². The predicted molar refractivity (Wildman–Crippen MR) is 99.9 cm³/mol. The van der Waals surface area contributed by atoms with Crippen molar-refractivity contribution in [3.8, 4) is 0 Å². The Morgan fingerprint density at radius 2 is 1.18 bits per heavy atom. The molecule has 14 atom stereocenters. The van der Waals surface area contributed by atoms with Crippen molar-refractivity contribution in [3.63, 3.8) is 0 Å². The molecule has 10 N–H and O–H groups in total. The maximum Gasteiger partial charge on any atom is 0.187 e. The molecule has 194 valence electrons. The molecule has 3 fully saturated rings. The Hall–Kier alpha value is -0.600. The van der Waals surface area contributed by atoms with Gasteiger partial charge in [0, 0.05) is 6.42 Å². The lowest BCUT2D eigenvalue weighted by Gasteiger charge is -2.47. The Bertz CT molecular complexity index is 609. The van der Waals surface area contributed by atoms with Gasteiger partial charge in [-0.15, -0.1) is 0 Å². The molecule has 0 spiro atoms. The van der Waals surface area contributed by atoms with Crippen LogP contribution in [0.4, 0.5) is 0 Å². The number of hydrogen-bond donors (Lipinski definition) is 10. The second-order valence-electron chi connectivity index (χ2n) is 8.22. The van der Waals surface area contributed by atoms with Gasteiger partial charge >= 0.3 is 0 Å². The molecule has 15 heteroatoms. The van der Waals surface area contributed by atoms with Crippen LogP contribution >= 0.6 is 0 Å². The summed E-state index contributed by atoms with van der Waals surface area (Å²) in [4.78, 5) is 0. The highest BCUT2D eigenvalue weighted by Gasteiger charge is 2.52. The second-order valence-corrected chi connectivity index (χ2v) is 8.22. The van der Waals surface area contributed by atoms with Gasteiger partial charge in [-0.25, -0.2) is 0 Å². The fourth-order valence-electron chi connectivity index (χ4n) is 4.05. The predicted octanol–water partition coefficient (Wildman–Crippen LogP) is -6.54. The molecule has 0 radical (unpaired) electrons. The highest BCUT2D eigenvalue weighted by Crippen LogP contribution is 2.32. The third-order valence-corrected chi connectivity index (χ3v) is 5.98. The summed E-state index contributed by atoms with van der Waals surface area (Å²) in [7, 11) is 0. The van der Waals surface area contributed by atoms with Gasteiger partial charge in [-0.3, -0.25) is 0 Å². The largest absolute Gasteiger partial charge is 0.394 e. The highest BCUT2D eigenvalue weighted by atomic mass is 16.7. The summed E-state index contributed by atoms with van der Waals surface area (Å²) in [5, 5.41) is 99.1. The third kappa shape index (κ3) is 5.64. The molecule has 0 saturated carbocycles. The third-order valence-electron chi connectivity index (χ3n) is 5.98.